The Morgan fingerprint density at radius 1 is 0.966 bits per heavy atom. The van der Waals surface area contributed by atoms with Crippen LogP contribution in [0.1, 0.15) is 36.6 Å². The molecule has 0 bridgehead atoms. The number of nitrogens with one attached hydrogen (secondary N) is 1. The quantitative estimate of drug-likeness (QED) is 0.365. The van der Waals surface area contributed by atoms with E-state index in [4.69, 9.17) is 21.1 Å². The molecule has 1 N–H and O–H groups in total. The molecule has 3 rings (SSSR count). The third kappa shape index (κ3) is 6.23. The molecule has 0 radical (unpaired) electrons. The zero-order chi connectivity index (χ0) is 20.6. The molecule has 3 nitrogen and oxygen atoms in total. The van der Waals surface area contributed by atoms with Crippen LogP contribution in [0.4, 0.5) is 0 Å². The SMILES string of the molecule is CCOc1cc(CNC(C)c2ccccc2)cc(Br)c1OCc1cccc(Cl)c1. The summed E-state index contributed by atoms with van der Waals surface area (Å²) < 4.78 is 12.8. The molecule has 0 saturated heterocycles. The van der Waals surface area contributed by atoms with Gasteiger partial charge in [-0.25, -0.2) is 0 Å². The first kappa shape index (κ1) is 21.7. The van der Waals surface area contributed by atoms with Crippen LogP contribution >= 0.6 is 27.5 Å². The molecule has 0 amide bonds. The highest BCUT2D eigenvalue weighted by molar-refractivity contribution is 9.10. The zero-order valence-electron chi connectivity index (χ0n) is 16.6. The normalized spacial score (nSPS) is 11.9. The van der Waals surface area contributed by atoms with Crippen molar-refractivity contribution in [1.29, 1.82) is 0 Å². The van der Waals surface area contributed by atoms with Gasteiger partial charge in [-0.1, -0.05) is 54.1 Å². The average Bonchev–Trinajstić information content (AvgIpc) is 2.72. The molecule has 1 atom stereocenters. The molecule has 3 aromatic rings. The van der Waals surface area contributed by atoms with Gasteiger partial charge in [-0.05, 0) is 70.7 Å². The molecule has 1 unspecified atom stereocenters. The van der Waals surface area contributed by atoms with Crippen molar-refractivity contribution in [3.8, 4) is 11.5 Å². The van der Waals surface area contributed by atoms with E-state index < -0.39 is 0 Å². The van der Waals surface area contributed by atoms with Gasteiger partial charge in [-0.2, -0.15) is 0 Å². The summed E-state index contributed by atoms with van der Waals surface area (Å²) in [6, 6.07) is 22.4. The van der Waals surface area contributed by atoms with Gasteiger partial charge in [0.15, 0.2) is 11.5 Å². The lowest BCUT2D eigenvalue weighted by Crippen LogP contribution is -2.18. The fourth-order valence-corrected chi connectivity index (χ4v) is 3.86. The van der Waals surface area contributed by atoms with Crippen LogP contribution in [0.3, 0.4) is 0 Å². The van der Waals surface area contributed by atoms with Gasteiger partial charge in [0, 0.05) is 17.6 Å². The molecule has 0 heterocycles. The second-order valence-corrected chi connectivity index (χ2v) is 8.06. The molecule has 0 saturated carbocycles. The number of benzene rings is 3. The lowest BCUT2D eigenvalue weighted by molar-refractivity contribution is 0.267. The Labute approximate surface area is 186 Å². The summed E-state index contributed by atoms with van der Waals surface area (Å²) in [7, 11) is 0. The van der Waals surface area contributed by atoms with Crippen molar-refractivity contribution >= 4 is 27.5 Å². The Balaban J connectivity index is 1.71. The molecule has 29 heavy (non-hydrogen) atoms. The first-order valence-corrected chi connectivity index (χ1v) is 10.8. The number of rotatable bonds is 9. The highest BCUT2D eigenvalue weighted by Gasteiger charge is 2.14. The number of ether oxygens (including phenoxy) is 2. The topological polar surface area (TPSA) is 30.5 Å². The van der Waals surface area contributed by atoms with Gasteiger partial charge in [0.2, 0.25) is 0 Å². The van der Waals surface area contributed by atoms with Gasteiger partial charge in [0.1, 0.15) is 6.61 Å². The molecule has 0 aliphatic rings. The Kier molecular flexibility index (Phi) is 7.99. The predicted molar refractivity (Wildman–Crippen MR) is 123 cm³/mol. The highest BCUT2D eigenvalue weighted by Crippen LogP contribution is 2.37. The summed E-state index contributed by atoms with van der Waals surface area (Å²) in [5, 5.41) is 4.26. The molecule has 152 valence electrons. The lowest BCUT2D eigenvalue weighted by atomic mass is 10.1. The van der Waals surface area contributed by atoms with E-state index >= 15 is 0 Å². The minimum absolute atomic E-state index is 0.254. The highest BCUT2D eigenvalue weighted by atomic mass is 79.9. The fourth-order valence-electron chi connectivity index (χ4n) is 3.04. The van der Waals surface area contributed by atoms with Crippen LogP contribution in [0, 0.1) is 0 Å². The van der Waals surface area contributed by atoms with E-state index in [0.717, 1.165) is 27.9 Å². The van der Waals surface area contributed by atoms with E-state index in [-0.39, 0.29) is 6.04 Å². The summed E-state index contributed by atoms with van der Waals surface area (Å²) >= 11 is 9.72. The summed E-state index contributed by atoms with van der Waals surface area (Å²) in [6.45, 7) is 5.84. The van der Waals surface area contributed by atoms with Crippen molar-refractivity contribution in [3.63, 3.8) is 0 Å². The molecule has 3 aromatic carbocycles. The van der Waals surface area contributed by atoms with Gasteiger partial charge < -0.3 is 14.8 Å². The average molecular weight is 475 g/mol. The Morgan fingerprint density at radius 2 is 1.76 bits per heavy atom. The Morgan fingerprint density at radius 3 is 2.48 bits per heavy atom. The van der Waals surface area contributed by atoms with Crippen molar-refractivity contribution in [2.24, 2.45) is 0 Å². The second kappa shape index (κ2) is 10.7. The number of halogens is 2. The standard InChI is InChI=1S/C24H25BrClNO2/c1-3-28-23-14-19(15-27-17(2)20-9-5-4-6-10-20)13-22(25)24(23)29-16-18-8-7-11-21(26)12-18/h4-14,17,27H,3,15-16H2,1-2H3. The van der Waals surface area contributed by atoms with E-state index in [1.807, 2.05) is 43.3 Å². The molecule has 0 aliphatic heterocycles. The van der Waals surface area contributed by atoms with Crippen LogP contribution in [0.15, 0.2) is 71.2 Å². The van der Waals surface area contributed by atoms with Gasteiger partial charge in [0.05, 0.1) is 11.1 Å². The van der Waals surface area contributed by atoms with E-state index in [0.29, 0.717) is 24.0 Å². The van der Waals surface area contributed by atoms with E-state index in [9.17, 15) is 0 Å². The maximum atomic E-state index is 6.07. The molecule has 5 heteroatoms. The third-order valence-corrected chi connectivity index (χ3v) is 5.38. The van der Waals surface area contributed by atoms with Crippen LogP contribution in [-0.4, -0.2) is 6.61 Å². The summed E-state index contributed by atoms with van der Waals surface area (Å²) in [4.78, 5) is 0. The van der Waals surface area contributed by atoms with Crippen LogP contribution < -0.4 is 14.8 Å². The van der Waals surface area contributed by atoms with Gasteiger partial charge in [-0.15, -0.1) is 0 Å². The van der Waals surface area contributed by atoms with E-state index in [1.165, 1.54) is 5.56 Å². The van der Waals surface area contributed by atoms with Crippen LogP contribution in [0.5, 0.6) is 11.5 Å². The maximum absolute atomic E-state index is 6.07. The maximum Gasteiger partial charge on any atom is 0.175 e. The number of hydrogen-bond donors (Lipinski definition) is 1. The zero-order valence-corrected chi connectivity index (χ0v) is 19.0. The first-order valence-electron chi connectivity index (χ1n) is 9.67. The largest absolute Gasteiger partial charge is 0.490 e. The van der Waals surface area contributed by atoms with Gasteiger partial charge in [0.25, 0.3) is 0 Å². The molecule has 0 spiro atoms. The van der Waals surface area contributed by atoms with E-state index in [1.54, 1.807) is 0 Å². The molecule has 0 fully saturated rings. The Bertz CT molecular complexity index is 933. The lowest BCUT2D eigenvalue weighted by Gasteiger charge is -2.18. The second-order valence-electron chi connectivity index (χ2n) is 6.77. The number of hydrogen-bond acceptors (Lipinski definition) is 3. The van der Waals surface area contributed by atoms with Crippen molar-refractivity contribution in [2.45, 2.75) is 33.0 Å². The van der Waals surface area contributed by atoms with E-state index in [2.05, 4.69) is 58.5 Å². The summed E-state index contributed by atoms with van der Waals surface area (Å²) in [6.07, 6.45) is 0. The monoisotopic (exact) mass is 473 g/mol. The molecule has 0 aliphatic carbocycles. The predicted octanol–water partition coefficient (Wildman–Crippen LogP) is 6.93. The smallest absolute Gasteiger partial charge is 0.175 e. The van der Waals surface area contributed by atoms with Crippen molar-refractivity contribution in [1.82, 2.24) is 5.32 Å². The van der Waals surface area contributed by atoms with Crippen molar-refractivity contribution < 1.29 is 9.47 Å². The van der Waals surface area contributed by atoms with Crippen molar-refractivity contribution in [2.75, 3.05) is 6.61 Å². The summed E-state index contributed by atoms with van der Waals surface area (Å²) in [5.74, 6) is 1.43. The van der Waals surface area contributed by atoms with Crippen LogP contribution in [0.2, 0.25) is 5.02 Å². The van der Waals surface area contributed by atoms with Crippen molar-refractivity contribution in [3.05, 3.63) is 92.9 Å². The molecular formula is C24H25BrClNO2. The van der Waals surface area contributed by atoms with Crippen LogP contribution in [-0.2, 0) is 13.2 Å². The summed E-state index contributed by atoms with van der Waals surface area (Å²) in [5.41, 5.74) is 3.39. The minimum atomic E-state index is 0.254. The molecular weight excluding hydrogens is 450 g/mol. The van der Waals surface area contributed by atoms with Gasteiger partial charge in [-0.3, -0.25) is 0 Å². The fraction of sp³-hybridized carbons (Fsp3) is 0.250. The van der Waals surface area contributed by atoms with Gasteiger partial charge >= 0.3 is 0 Å². The first-order chi connectivity index (χ1) is 14.1. The van der Waals surface area contributed by atoms with Crippen LogP contribution in [0.25, 0.3) is 0 Å². The Hall–Kier alpha value is -2.01. The minimum Gasteiger partial charge on any atom is -0.490 e. The third-order valence-electron chi connectivity index (χ3n) is 4.55. The molecule has 0 aromatic heterocycles.